The first-order chi connectivity index (χ1) is 8.13. The minimum atomic E-state index is -0.275. The summed E-state index contributed by atoms with van der Waals surface area (Å²) in [5.74, 6) is 0.680. The number of anilines is 1. The third-order valence-electron chi connectivity index (χ3n) is 2.21. The molecule has 0 atom stereocenters. The number of hydrogen-bond acceptors (Lipinski definition) is 4. The van der Waals surface area contributed by atoms with E-state index in [2.05, 4.69) is 11.9 Å². The summed E-state index contributed by atoms with van der Waals surface area (Å²) in [6, 6.07) is 3.11. The van der Waals surface area contributed by atoms with E-state index in [4.69, 9.17) is 15.2 Å². The first kappa shape index (κ1) is 12.9. The summed E-state index contributed by atoms with van der Waals surface area (Å²) in [6.07, 6.45) is 1.59. The summed E-state index contributed by atoms with van der Waals surface area (Å²) < 4.78 is 10.2. The van der Waals surface area contributed by atoms with Gasteiger partial charge in [0.25, 0.3) is 5.91 Å². The summed E-state index contributed by atoms with van der Waals surface area (Å²) in [7, 11) is 3.01. The Morgan fingerprint density at radius 3 is 2.53 bits per heavy atom. The lowest BCUT2D eigenvalue weighted by atomic mass is 10.1. The van der Waals surface area contributed by atoms with Gasteiger partial charge in [-0.1, -0.05) is 6.08 Å². The number of carbonyl (C=O) groups is 1. The molecule has 0 saturated heterocycles. The minimum absolute atomic E-state index is 0.275. The Kier molecular flexibility index (Phi) is 4.39. The second-order valence-electron chi connectivity index (χ2n) is 3.29. The Bertz CT molecular complexity index is 430. The monoisotopic (exact) mass is 236 g/mol. The summed E-state index contributed by atoms with van der Waals surface area (Å²) >= 11 is 0. The van der Waals surface area contributed by atoms with Gasteiger partial charge in [-0.2, -0.15) is 0 Å². The average molecular weight is 236 g/mol. The van der Waals surface area contributed by atoms with Crippen LogP contribution in [-0.2, 0) is 0 Å². The maximum absolute atomic E-state index is 11.8. The smallest absolute Gasteiger partial charge is 0.253 e. The molecule has 0 aliphatic heterocycles. The van der Waals surface area contributed by atoms with Crippen LogP contribution in [0, 0.1) is 0 Å². The van der Waals surface area contributed by atoms with E-state index in [-0.39, 0.29) is 5.91 Å². The van der Waals surface area contributed by atoms with E-state index in [0.717, 1.165) is 0 Å². The summed E-state index contributed by atoms with van der Waals surface area (Å²) in [5.41, 5.74) is 6.46. The van der Waals surface area contributed by atoms with Crippen molar-refractivity contribution in [1.82, 2.24) is 5.32 Å². The van der Waals surface area contributed by atoms with E-state index >= 15 is 0 Å². The molecule has 0 heterocycles. The third kappa shape index (κ3) is 2.90. The van der Waals surface area contributed by atoms with Crippen molar-refractivity contribution < 1.29 is 14.3 Å². The molecule has 1 aromatic rings. The number of rotatable bonds is 5. The molecule has 0 radical (unpaired) electrons. The first-order valence-corrected chi connectivity index (χ1v) is 5.04. The van der Waals surface area contributed by atoms with Crippen LogP contribution in [0.25, 0.3) is 0 Å². The van der Waals surface area contributed by atoms with E-state index in [9.17, 15) is 4.79 Å². The molecule has 0 fully saturated rings. The first-order valence-electron chi connectivity index (χ1n) is 5.04. The molecule has 3 N–H and O–H groups in total. The molecule has 0 bridgehead atoms. The number of nitrogens with two attached hydrogens (primary N) is 1. The lowest BCUT2D eigenvalue weighted by molar-refractivity contribution is 0.0958. The van der Waals surface area contributed by atoms with Crippen LogP contribution >= 0.6 is 0 Å². The third-order valence-corrected chi connectivity index (χ3v) is 2.21. The molecule has 0 aliphatic rings. The van der Waals surface area contributed by atoms with Gasteiger partial charge in [-0.15, -0.1) is 6.58 Å². The van der Waals surface area contributed by atoms with Gasteiger partial charge in [0.2, 0.25) is 0 Å². The molecule has 1 rings (SSSR count). The standard InChI is InChI=1S/C12H16N2O3/c1-4-5-14-12(15)8-6-10(16-2)11(17-3)7-9(8)13/h4,6-7H,1,5,13H2,2-3H3,(H,14,15). The molecule has 5 heteroatoms. The predicted octanol–water partition coefficient (Wildman–Crippen LogP) is 1.20. The highest BCUT2D eigenvalue weighted by Crippen LogP contribution is 2.31. The van der Waals surface area contributed by atoms with Gasteiger partial charge in [0, 0.05) is 18.3 Å². The summed E-state index contributed by atoms with van der Waals surface area (Å²) in [5, 5.41) is 2.64. The number of ether oxygens (including phenoxy) is 2. The molecule has 1 amide bonds. The number of amides is 1. The van der Waals surface area contributed by atoms with Gasteiger partial charge in [0.05, 0.1) is 19.8 Å². The Morgan fingerprint density at radius 1 is 1.41 bits per heavy atom. The summed E-state index contributed by atoms with van der Waals surface area (Å²) in [6.45, 7) is 3.90. The zero-order valence-corrected chi connectivity index (χ0v) is 9.95. The number of nitrogen functional groups attached to an aromatic ring is 1. The molecule has 0 spiro atoms. The Hall–Kier alpha value is -2.17. The maximum atomic E-state index is 11.8. The normalized spacial score (nSPS) is 9.53. The lowest BCUT2D eigenvalue weighted by Gasteiger charge is -2.12. The van der Waals surface area contributed by atoms with Gasteiger partial charge in [0.1, 0.15) is 0 Å². The molecule has 0 saturated carbocycles. The molecular weight excluding hydrogens is 220 g/mol. The highest BCUT2D eigenvalue weighted by molar-refractivity contribution is 6.00. The largest absolute Gasteiger partial charge is 0.493 e. The van der Waals surface area contributed by atoms with E-state index in [1.54, 1.807) is 18.2 Å². The van der Waals surface area contributed by atoms with Crippen molar-refractivity contribution in [3.63, 3.8) is 0 Å². The maximum Gasteiger partial charge on any atom is 0.253 e. The Morgan fingerprint density at radius 2 is 2.00 bits per heavy atom. The molecule has 0 aromatic heterocycles. The van der Waals surface area contributed by atoms with Crippen molar-refractivity contribution in [1.29, 1.82) is 0 Å². The van der Waals surface area contributed by atoms with Crippen molar-refractivity contribution in [2.45, 2.75) is 0 Å². The van der Waals surface area contributed by atoms with Gasteiger partial charge in [-0.05, 0) is 6.07 Å². The fourth-order valence-corrected chi connectivity index (χ4v) is 1.35. The highest BCUT2D eigenvalue weighted by Gasteiger charge is 2.14. The molecular formula is C12H16N2O3. The van der Waals surface area contributed by atoms with Gasteiger partial charge in [-0.25, -0.2) is 0 Å². The fraction of sp³-hybridized carbons (Fsp3) is 0.250. The van der Waals surface area contributed by atoms with Crippen LogP contribution in [0.1, 0.15) is 10.4 Å². The van der Waals surface area contributed by atoms with E-state index < -0.39 is 0 Å². The quantitative estimate of drug-likeness (QED) is 0.595. The number of benzene rings is 1. The van der Waals surface area contributed by atoms with Crippen LogP contribution in [-0.4, -0.2) is 26.7 Å². The van der Waals surface area contributed by atoms with Crippen LogP contribution in [0.5, 0.6) is 11.5 Å². The van der Waals surface area contributed by atoms with Crippen LogP contribution < -0.4 is 20.5 Å². The van der Waals surface area contributed by atoms with Crippen molar-refractivity contribution in [2.75, 3.05) is 26.5 Å². The lowest BCUT2D eigenvalue weighted by Crippen LogP contribution is -2.24. The number of carbonyl (C=O) groups excluding carboxylic acids is 1. The predicted molar refractivity (Wildman–Crippen MR) is 66.5 cm³/mol. The second kappa shape index (κ2) is 5.79. The van der Waals surface area contributed by atoms with Crippen molar-refractivity contribution in [3.05, 3.63) is 30.4 Å². The van der Waals surface area contributed by atoms with Gasteiger partial charge in [0.15, 0.2) is 11.5 Å². The Labute approximate surface area is 100 Å². The number of nitrogens with one attached hydrogen (secondary N) is 1. The molecule has 17 heavy (non-hydrogen) atoms. The van der Waals surface area contributed by atoms with Gasteiger partial charge < -0.3 is 20.5 Å². The van der Waals surface area contributed by atoms with Crippen LogP contribution in [0.3, 0.4) is 0 Å². The van der Waals surface area contributed by atoms with Crippen LogP contribution in [0.2, 0.25) is 0 Å². The SMILES string of the molecule is C=CCNC(=O)c1cc(OC)c(OC)cc1N. The van der Waals surface area contributed by atoms with Crippen molar-refractivity contribution in [2.24, 2.45) is 0 Å². The molecule has 1 aromatic carbocycles. The van der Waals surface area contributed by atoms with Gasteiger partial charge in [-0.3, -0.25) is 4.79 Å². The van der Waals surface area contributed by atoms with Crippen LogP contribution in [0.15, 0.2) is 24.8 Å². The van der Waals surface area contributed by atoms with Crippen molar-refractivity contribution >= 4 is 11.6 Å². The summed E-state index contributed by atoms with van der Waals surface area (Å²) in [4.78, 5) is 11.8. The van der Waals surface area contributed by atoms with E-state index in [1.165, 1.54) is 14.2 Å². The minimum Gasteiger partial charge on any atom is -0.493 e. The van der Waals surface area contributed by atoms with E-state index in [1.807, 2.05) is 0 Å². The second-order valence-corrected chi connectivity index (χ2v) is 3.29. The van der Waals surface area contributed by atoms with E-state index in [0.29, 0.717) is 29.3 Å². The van der Waals surface area contributed by atoms with Gasteiger partial charge >= 0.3 is 0 Å². The molecule has 0 unspecified atom stereocenters. The zero-order chi connectivity index (χ0) is 12.8. The van der Waals surface area contributed by atoms with Crippen molar-refractivity contribution in [3.8, 4) is 11.5 Å². The topological polar surface area (TPSA) is 73.6 Å². The Balaban J connectivity index is 3.07. The molecule has 5 nitrogen and oxygen atoms in total. The molecule has 92 valence electrons. The number of hydrogen-bond donors (Lipinski definition) is 2. The highest BCUT2D eigenvalue weighted by atomic mass is 16.5. The fourth-order valence-electron chi connectivity index (χ4n) is 1.35. The van der Waals surface area contributed by atoms with Crippen LogP contribution in [0.4, 0.5) is 5.69 Å². The number of methoxy groups -OCH3 is 2. The average Bonchev–Trinajstić information content (AvgIpc) is 2.35. The molecule has 0 aliphatic carbocycles. The zero-order valence-electron chi connectivity index (χ0n) is 9.95.